The van der Waals surface area contributed by atoms with Gasteiger partial charge in [0.05, 0.1) is 12.7 Å². The van der Waals surface area contributed by atoms with Gasteiger partial charge in [-0.25, -0.2) is 4.79 Å². The Kier molecular flexibility index (Phi) is 6.06. The molecule has 152 valence electrons. The molecule has 0 radical (unpaired) electrons. The lowest BCUT2D eigenvalue weighted by Crippen LogP contribution is -2.10. The molecule has 0 aliphatic carbocycles. The van der Waals surface area contributed by atoms with Crippen LogP contribution < -0.4 is 9.47 Å². The minimum absolute atomic E-state index is 0.0214. The van der Waals surface area contributed by atoms with Gasteiger partial charge in [0.15, 0.2) is 17.6 Å². The first-order valence-corrected chi connectivity index (χ1v) is 8.61. The summed E-state index contributed by atoms with van der Waals surface area (Å²) >= 11 is 0. The summed E-state index contributed by atoms with van der Waals surface area (Å²) in [7, 11) is 1.27. The second kappa shape index (κ2) is 8.68. The zero-order valence-corrected chi connectivity index (χ0v) is 15.9. The van der Waals surface area contributed by atoms with Crippen LogP contribution >= 0.6 is 0 Å². The van der Waals surface area contributed by atoms with E-state index in [1.165, 1.54) is 25.3 Å². The molecule has 0 saturated heterocycles. The fourth-order valence-electron chi connectivity index (χ4n) is 2.48. The molecule has 1 aromatic heterocycles. The summed E-state index contributed by atoms with van der Waals surface area (Å²) in [6.45, 7) is 0.531. The van der Waals surface area contributed by atoms with Gasteiger partial charge in [-0.1, -0.05) is 17.7 Å². The minimum Gasteiger partial charge on any atom is -0.493 e. The molecule has 0 aliphatic heterocycles. The van der Waals surface area contributed by atoms with Gasteiger partial charge in [0.25, 0.3) is 5.89 Å². The Morgan fingerprint density at radius 3 is 2.45 bits per heavy atom. The number of aryl methyl sites for hydroxylation is 1. The van der Waals surface area contributed by atoms with Gasteiger partial charge in [0.2, 0.25) is 5.89 Å². The second-order valence-corrected chi connectivity index (χ2v) is 6.10. The Balaban J connectivity index is 1.71. The van der Waals surface area contributed by atoms with Gasteiger partial charge in [-0.2, -0.15) is 8.78 Å². The van der Waals surface area contributed by atoms with Crippen LogP contribution in [0, 0.1) is 6.92 Å². The number of esters is 1. The Morgan fingerprint density at radius 1 is 1.07 bits per heavy atom. The number of hydrogen-bond donors (Lipinski definition) is 0. The average molecular weight is 404 g/mol. The van der Waals surface area contributed by atoms with E-state index in [2.05, 4.69) is 14.9 Å². The molecule has 9 heteroatoms. The van der Waals surface area contributed by atoms with Crippen molar-refractivity contribution in [3.05, 3.63) is 59.5 Å². The van der Waals surface area contributed by atoms with Crippen molar-refractivity contribution in [2.45, 2.75) is 26.6 Å². The molecular formula is C20H18F2N2O5. The molecule has 1 heterocycles. The van der Waals surface area contributed by atoms with E-state index in [4.69, 9.17) is 13.9 Å². The van der Waals surface area contributed by atoms with Crippen molar-refractivity contribution in [3.63, 3.8) is 0 Å². The van der Waals surface area contributed by atoms with Crippen molar-refractivity contribution >= 4 is 5.97 Å². The fourth-order valence-corrected chi connectivity index (χ4v) is 2.48. The normalized spacial score (nSPS) is 11.9. The summed E-state index contributed by atoms with van der Waals surface area (Å²) in [5.41, 5.74) is 1.93. The summed E-state index contributed by atoms with van der Waals surface area (Å²) in [6.07, 6.45) is -0.822. The molecule has 0 aliphatic rings. The summed E-state index contributed by atoms with van der Waals surface area (Å²) in [5.74, 6) is -0.496. The van der Waals surface area contributed by atoms with E-state index < -0.39 is 18.7 Å². The number of carbonyl (C=O) groups excluding carboxylic acids is 1. The standard InChI is InChI=1S/C20H18F2N2O5/c1-11-4-6-13(7-5-11)18-24-23-17(29-18)12(2)27-19(25)14-8-9-15(28-20(21)22)16(10-14)26-3/h4-10,12,20H,1-3H3/t12-/m0/s1. The predicted molar refractivity (Wildman–Crippen MR) is 97.9 cm³/mol. The Bertz CT molecular complexity index is 989. The molecule has 0 bridgehead atoms. The van der Waals surface area contributed by atoms with Crippen LogP contribution in [-0.2, 0) is 4.74 Å². The quantitative estimate of drug-likeness (QED) is 0.533. The smallest absolute Gasteiger partial charge is 0.387 e. The van der Waals surface area contributed by atoms with Crippen LogP contribution in [-0.4, -0.2) is 29.9 Å². The molecule has 0 amide bonds. The average Bonchev–Trinajstić information content (AvgIpc) is 3.18. The van der Waals surface area contributed by atoms with Crippen LogP contribution in [0.4, 0.5) is 8.78 Å². The third-order valence-electron chi connectivity index (χ3n) is 3.99. The number of alkyl halides is 2. The molecule has 0 N–H and O–H groups in total. The number of halogens is 2. The molecule has 1 atom stereocenters. The van der Waals surface area contributed by atoms with Crippen LogP contribution in [0.3, 0.4) is 0 Å². The third kappa shape index (κ3) is 4.87. The molecule has 29 heavy (non-hydrogen) atoms. The van der Waals surface area contributed by atoms with Crippen molar-refractivity contribution in [2.75, 3.05) is 7.11 Å². The van der Waals surface area contributed by atoms with E-state index in [-0.39, 0.29) is 23.0 Å². The molecule has 2 aromatic carbocycles. The van der Waals surface area contributed by atoms with Crippen LogP contribution in [0.15, 0.2) is 46.9 Å². The lowest BCUT2D eigenvalue weighted by molar-refractivity contribution is -0.0512. The van der Waals surface area contributed by atoms with Crippen LogP contribution in [0.25, 0.3) is 11.5 Å². The van der Waals surface area contributed by atoms with E-state index in [1.54, 1.807) is 6.92 Å². The highest BCUT2D eigenvalue weighted by Crippen LogP contribution is 2.30. The van der Waals surface area contributed by atoms with Crippen LogP contribution in [0.1, 0.15) is 34.8 Å². The first kappa shape index (κ1) is 20.2. The maximum Gasteiger partial charge on any atom is 0.387 e. The first-order chi connectivity index (χ1) is 13.9. The summed E-state index contributed by atoms with van der Waals surface area (Å²) in [4.78, 5) is 12.4. The predicted octanol–water partition coefficient (Wildman–Crippen LogP) is 4.57. The summed E-state index contributed by atoms with van der Waals surface area (Å²) < 4.78 is 45.0. The van der Waals surface area contributed by atoms with Gasteiger partial charge in [-0.15, -0.1) is 10.2 Å². The highest BCUT2D eigenvalue weighted by Gasteiger charge is 2.21. The number of aromatic nitrogens is 2. The molecular weight excluding hydrogens is 386 g/mol. The van der Waals surface area contributed by atoms with Gasteiger partial charge in [0, 0.05) is 5.56 Å². The van der Waals surface area contributed by atoms with Gasteiger partial charge >= 0.3 is 12.6 Å². The van der Waals surface area contributed by atoms with Crippen molar-refractivity contribution in [1.82, 2.24) is 10.2 Å². The molecule has 0 fully saturated rings. The van der Waals surface area contributed by atoms with Crippen molar-refractivity contribution in [2.24, 2.45) is 0 Å². The fraction of sp³-hybridized carbons (Fsp3) is 0.250. The van der Waals surface area contributed by atoms with Crippen LogP contribution in [0.2, 0.25) is 0 Å². The number of rotatable bonds is 7. The van der Waals surface area contributed by atoms with Gasteiger partial charge < -0.3 is 18.6 Å². The lowest BCUT2D eigenvalue weighted by Gasteiger charge is -2.12. The Morgan fingerprint density at radius 2 is 1.79 bits per heavy atom. The lowest BCUT2D eigenvalue weighted by atomic mass is 10.1. The number of nitrogens with zero attached hydrogens (tertiary/aromatic N) is 2. The van der Waals surface area contributed by atoms with Crippen molar-refractivity contribution < 1.29 is 32.2 Å². The maximum atomic E-state index is 12.4. The number of ether oxygens (including phenoxy) is 3. The van der Waals surface area contributed by atoms with Gasteiger partial charge in [-0.05, 0) is 44.2 Å². The minimum atomic E-state index is -3.01. The number of carbonyl (C=O) groups is 1. The van der Waals surface area contributed by atoms with E-state index in [9.17, 15) is 13.6 Å². The molecule has 0 spiro atoms. The van der Waals surface area contributed by atoms with Crippen molar-refractivity contribution in [1.29, 1.82) is 0 Å². The summed E-state index contributed by atoms with van der Waals surface area (Å²) in [5, 5.41) is 7.89. The van der Waals surface area contributed by atoms with Crippen LogP contribution in [0.5, 0.6) is 11.5 Å². The maximum absolute atomic E-state index is 12.4. The Labute approximate surface area is 165 Å². The monoisotopic (exact) mass is 404 g/mol. The van der Waals surface area contributed by atoms with E-state index in [0.29, 0.717) is 5.89 Å². The van der Waals surface area contributed by atoms with Gasteiger partial charge in [0.1, 0.15) is 0 Å². The molecule has 3 rings (SSSR count). The summed E-state index contributed by atoms with van der Waals surface area (Å²) in [6, 6.07) is 11.3. The molecule has 7 nitrogen and oxygen atoms in total. The number of methoxy groups -OCH3 is 1. The largest absolute Gasteiger partial charge is 0.493 e. The highest BCUT2D eigenvalue weighted by atomic mass is 19.3. The number of hydrogen-bond acceptors (Lipinski definition) is 7. The highest BCUT2D eigenvalue weighted by molar-refractivity contribution is 5.90. The molecule has 3 aromatic rings. The van der Waals surface area contributed by atoms with E-state index in [0.717, 1.165) is 11.1 Å². The number of benzene rings is 2. The topological polar surface area (TPSA) is 83.7 Å². The van der Waals surface area contributed by atoms with E-state index in [1.807, 2.05) is 31.2 Å². The Hall–Kier alpha value is -3.49. The second-order valence-electron chi connectivity index (χ2n) is 6.10. The zero-order valence-electron chi connectivity index (χ0n) is 15.9. The molecule has 0 saturated carbocycles. The van der Waals surface area contributed by atoms with E-state index >= 15 is 0 Å². The SMILES string of the molecule is COc1cc(C(=O)O[C@@H](C)c2nnc(-c3ccc(C)cc3)o2)ccc1OC(F)F. The third-order valence-corrected chi connectivity index (χ3v) is 3.99. The zero-order chi connectivity index (χ0) is 21.0. The first-order valence-electron chi connectivity index (χ1n) is 8.61. The molecule has 0 unspecified atom stereocenters. The van der Waals surface area contributed by atoms with Gasteiger partial charge in [-0.3, -0.25) is 0 Å². The van der Waals surface area contributed by atoms with Crippen molar-refractivity contribution in [3.8, 4) is 23.0 Å².